The molecule has 0 aliphatic rings. The Kier molecular flexibility index (Phi) is 11.8. The molecule has 10 nitrogen and oxygen atoms in total. The van der Waals surface area contributed by atoms with Crippen molar-refractivity contribution in [2.75, 3.05) is 6.61 Å². The molecule has 0 unspecified atom stereocenters. The van der Waals surface area contributed by atoms with Crippen LogP contribution in [0.4, 0.5) is 0 Å². The fraction of sp³-hybridized carbons (Fsp3) is 0.294. The summed E-state index contributed by atoms with van der Waals surface area (Å²) in [6.07, 6.45) is 2.02. The van der Waals surface area contributed by atoms with Gasteiger partial charge in [-0.25, -0.2) is 9.78 Å². The van der Waals surface area contributed by atoms with Gasteiger partial charge in [-0.05, 0) is 67.6 Å². The zero-order chi connectivity index (χ0) is 31.3. The molecule has 0 aliphatic carbocycles. The van der Waals surface area contributed by atoms with Gasteiger partial charge in [-0.3, -0.25) is 18.9 Å². The number of aliphatic hydroxyl groups excluding tert-OH is 1. The van der Waals surface area contributed by atoms with E-state index < -0.39 is 11.4 Å². The van der Waals surface area contributed by atoms with E-state index in [-0.39, 0.29) is 70.7 Å². The molecule has 2 aromatic heterocycles. The van der Waals surface area contributed by atoms with E-state index in [1.165, 1.54) is 0 Å². The summed E-state index contributed by atoms with van der Waals surface area (Å²) in [4.78, 5) is 32.9. The first kappa shape index (κ1) is 34.5. The second-order valence-electron chi connectivity index (χ2n) is 11.1. The van der Waals surface area contributed by atoms with Gasteiger partial charge in [-0.2, -0.15) is 0 Å². The van der Waals surface area contributed by atoms with Crippen molar-refractivity contribution in [3.05, 3.63) is 111 Å². The number of benzene rings is 3. The minimum atomic E-state index is -0.719. The average molecular weight is 637 g/mol. The predicted octanol–water partition coefficient (Wildman–Crippen LogP) is 2.88. The van der Waals surface area contributed by atoms with E-state index in [1.807, 2.05) is 55.5 Å². The maximum absolute atomic E-state index is 13.9. The van der Waals surface area contributed by atoms with Crippen LogP contribution in [-0.2, 0) is 19.4 Å². The summed E-state index contributed by atoms with van der Waals surface area (Å²) in [5.41, 5.74) is 3.11. The minimum Gasteiger partial charge on any atom is -1.00 e. The van der Waals surface area contributed by atoms with E-state index in [0.29, 0.717) is 48.2 Å². The fourth-order valence-corrected chi connectivity index (χ4v) is 4.85. The van der Waals surface area contributed by atoms with Gasteiger partial charge in [0.05, 0.1) is 18.8 Å². The smallest absolute Gasteiger partial charge is 1.00 e. The molecule has 0 spiro atoms. The van der Waals surface area contributed by atoms with E-state index in [4.69, 9.17) is 19.0 Å². The average Bonchev–Trinajstić information content (AvgIpc) is 3.47. The van der Waals surface area contributed by atoms with E-state index in [2.05, 4.69) is 17.1 Å². The molecule has 5 rings (SSSR count). The van der Waals surface area contributed by atoms with E-state index >= 15 is 0 Å². The van der Waals surface area contributed by atoms with Crippen LogP contribution in [-0.4, -0.2) is 37.0 Å². The molecule has 5 aromatic rings. The summed E-state index contributed by atoms with van der Waals surface area (Å²) in [5, 5.41) is 13.3. The Balaban J connectivity index is 0.00000288. The number of H-pyrrole nitrogens is 1. The van der Waals surface area contributed by atoms with Crippen molar-refractivity contribution in [1.29, 1.82) is 0 Å². The van der Waals surface area contributed by atoms with Crippen LogP contribution in [0, 0.1) is 0 Å². The van der Waals surface area contributed by atoms with Gasteiger partial charge in [-0.15, -0.1) is 0 Å². The number of ether oxygens (including phenoxy) is 2. The Morgan fingerprint density at radius 2 is 1.62 bits per heavy atom. The number of nitrogens with zero attached hydrogens (tertiary/aromatic N) is 3. The van der Waals surface area contributed by atoms with Crippen LogP contribution >= 0.6 is 0 Å². The summed E-state index contributed by atoms with van der Waals surface area (Å²) in [7, 11) is 0. The molecule has 230 valence electrons. The zero-order valence-corrected chi connectivity index (χ0v) is 29.4. The van der Waals surface area contributed by atoms with E-state index in [0.717, 1.165) is 28.7 Å². The number of aromatic nitrogens is 4. The summed E-state index contributed by atoms with van der Waals surface area (Å²) in [6, 6.07) is 22.5. The molecule has 0 radical (unpaired) electrons. The number of hydrogen-bond donors (Lipinski definition) is 2. The van der Waals surface area contributed by atoms with Crippen LogP contribution in [0.2, 0.25) is 0 Å². The summed E-state index contributed by atoms with van der Waals surface area (Å²) < 4.78 is 18.3. The first-order valence-corrected chi connectivity index (χ1v) is 14.7. The second kappa shape index (κ2) is 15.3. The van der Waals surface area contributed by atoms with E-state index in [9.17, 15) is 14.7 Å². The number of aliphatic hydroxyl groups is 1. The number of aryl methyl sites for hydroxylation is 2. The monoisotopic (exact) mass is 636 g/mol. The van der Waals surface area contributed by atoms with Crippen molar-refractivity contribution in [3.63, 3.8) is 0 Å². The molecule has 0 saturated carbocycles. The molecular formula is C34H37KN4O6. The summed E-state index contributed by atoms with van der Waals surface area (Å²) in [5.74, 6) is 1.72. The quantitative estimate of drug-likeness (QED) is 0.200. The van der Waals surface area contributed by atoms with Gasteiger partial charge in [-0.1, -0.05) is 67.5 Å². The van der Waals surface area contributed by atoms with Crippen molar-refractivity contribution in [2.24, 2.45) is 0 Å². The largest absolute Gasteiger partial charge is 1.00 e. The van der Waals surface area contributed by atoms with Crippen molar-refractivity contribution >= 4 is 0 Å². The van der Waals surface area contributed by atoms with Gasteiger partial charge >= 0.3 is 57.1 Å². The van der Waals surface area contributed by atoms with Crippen LogP contribution in [0.5, 0.6) is 17.2 Å². The molecular weight excluding hydrogens is 599 g/mol. The van der Waals surface area contributed by atoms with Crippen LogP contribution in [0.3, 0.4) is 0 Å². The third kappa shape index (κ3) is 8.29. The fourth-order valence-electron chi connectivity index (χ4n) is 4.85. The number of nitrogens with one attached hydrogen (secondary N) is 1. The maximum atomic E-state index is 13.9. The third-order valence-electron chi connectivity index (χ3n) is 7.13. The molecule has 45 heavy (non-hydrogen) atoms. The summed E-state index contributed by atoms with van der Waals surface area (Å²) >= 11 is 0. The topological polar surface area (TPSA) is 132 Å². The van der Waals surface area contributed by atoms with Crippen LogP contribution in [0.15, 0.2) is 86.9 Å². The minimum absolute atomic E-state index is 0. The molecule has 11 heteroatoms. The van der Waals surface area contributed by atoms with Gasteiger partial charge in [0.25, 0.3) is 5.56 Å². The molecule has 0 bridgehead atoms. The Labute approximate surface area is 305 Å². The third-order valence-corrected chi connectivity index (χ3v) is 7.13. The van der Waals surface area contributed by atoms with Crippen LogP contribution < -0.4 is 72.2 Å². The van der Waals surface area contributed by atoms with Gasteiger partial charge in [0.15, 0.2) is 5.82 Å². The van der Waals surface area contributed by atoms with Crippen LogP contribution in [0.1, 0.15) is 52.6 Å². The number of hydrogen-bond acceptors (Lipinski definition) is 8. The number of aromatic amines is 1. The standard InChI is InChI=1S/C34H36N4O6.K.H/c1-5-9-29-35-28(6-2)30(42-24-16-18-25(19-17-24)43-34(3,4)21-39)32(40)38(29)20-22-12-14-23(15-13-22)26-10-7-8-11-27(26)31-36-33(41)44-37-31;;/h7-8,10-19,39H,5-6,9,20-21H2,1-4H3,(H,36,37,41);;/q;+1;-1. The molecule has 0 fully saturated rings. The predicted molar refractivity (Wildman–Crippen MR) is 168 cm³/mol. The molecule has 2 heterocycles. The molecule has 3 aromatic carbocycles. The van der Waals surface area contributed by atoms with Crippen molar-refractivity contribution in [2.45, 2.75) is 59.1 Å². The normalized spacial score (nSPS) is 11.2. The Hall–Kier alpha value is -3.32. The van der Waals surface area contributed by atoms with Crippen molar-refractivity contribution in [3.8, 4) is 39.8 Å². The van der Waals surface area contributed by atoms with Gasteiger partial charge in [0.2, 0.25) is 5.75 Å². The second-order valence-corrected chi connectivity index (χ2v) is 11.1. The van der Waals surface area contributed by atoms with E-state index in [1.54, 1.807) is 42.7 Å². The van der Waals surface area contributed by atoms with Crippen molar-refractivity contribution < 1.29 is 71.9 Å². The van der Waals surface area contributed by atoms with Gasteiger partial charge in [0, 0.05) is 12.0 Å². The molecule has 0 amide bonds. The van der Waals surface area contributed by atoms with Gasteiger partial charge < -0.3 is 16.0 Å². The van der Waals surface area contributed by atoms with Crippen LogP contribution in [0.25, 0.3) is 22.5 Å². The Morgan fingerprint density at radius 3 is 2.22 bits per heavy atom. The first-order valence-electron chi connectivity index (χ1n) is 14.7. The molecule has 0 atom stereocenters. The van der Waals surface area contributed by atoms with Crippen molar-refractivity contribution in [1.82, 2.24) is 19.7 Å². The molecule has 2 N–H and O–H groups in total. The molecule has 0 saturated heterocycles. The Morgan fingerprint density at radius 1 is 0.956 bits per heavy atom. The Bertz CT molecular complexity index is 1850. The summed E-state index contributed by atoms with van der Waals surface area (Å²) in [6.45, 7) is 7.80. The molecule has 0 aliphatic heterocycles. The zero-order valence-electron chi connectivity index (χ0n) is 27.3. The van der Waals surface area contributed by atoms with Gasteiger partial charge in [0.1, 0.15) is 22.9 Å². The number of rotatable bonds is 12. The SMILES string of the molecule is CCCc1nc(CC)c(Oc2ccc(OC(C)(C)CO)cc2)c(=O)n1Cc1ccc(-c2ccccc2-c2noc(=O)[nH]2)cc1.[H-].[K+]. The first-order chi connectivity index (χ1) is 21.2. The maximum Gasteiger partial charge on any atom is 1.00 e.